The van der Waals surface area contributed by atoms with Gasteiger partial charge in [0.15, 0.2) is 0 Å². The molecule has 2 aromatic rings. The molecule has 14 atom stereocenters. The summed E-state index contributed by atoms with van der Waals surface area (Å²) >= 11 is 0. The second-order valence-corrected chi connectivity index (χ2v) is 19.7. The molecule has 28 heteroatoms. The molecule has 0 aromatic heterocycles. The fourth-order valence-electron chi connectivity index (χ4n) is 8.62. The number of aliphatic hydroxyl groups is 8. The summed E-state index contributed by atoms with van der Waals surface area (Å²) in [6, 6.07) is 6.87. The van der Waals surface area contributed by atoms with Crippen LogP contribution in [-0.4, -0.2) is 211 Å². The van der Waals surface area contributed by atoms with Gasteiger partial charge in [-0.2, -0.15) is 0 Å². The van der Waals surface area contributed by atoms with Crippen LogP contribution in [0.15, 0.2) is 48.5 Å². The maximum Gasteiger partial charge on any atom is 0.246 e. The summed E-state index contributed by atoms with van der Waals surface area (Å²) in [6.45, 7) is 5.61. The third-order valence-electron chi connectivity index (χ3n) is 13.0. The van der Waals surface area contributed by atoms with Crippen molar-refractivity contribution in [3.63, 3.8) is 0 Å². The van der Waals surface area contributed by atoms with E-state index in [-0.39, 0.29) is 43.0 Å². The molecule has 3 fully saturated rings. The molecular formula is C50H72N8O20. The largest absolute Gasteiger partial charge is 0.462 e. The molecule has 0 unspecified atom stereocenters. The third kappa shape index (κ3) is 17.0. The quantitative estimate of drug-likeness (QED) is 0.0470. The lowest BCUT2D eigenvalue weighted by atomic mass is 9.99. The summed E-state index contributed by atoms with van der Waals surface area (Å²) in [5.41, 5.74) is 0.589. The van der Waals surface area contributed by atoms with E-state index in [1.165, 1.54) is 60.4 Å². The van der Waals surface area contributed by atoms with Gasteiger partial charge >= 0.3 is 0 Å². The lowest BCUT2D eigenvalue weighted by molar-refractivity contribution is -0.277. The molecule has 3 aliphatic rings. The van der Waals surface area contributed by atoms with Crippen LogP contribution in [0, 0.1) is 11.8 Å². The van der Waals surface area contributed by atoms with Gasteiger partial charge in [0, 0.05) is 31.3 Å². The number of rotatable bonds is 24. The summed E-state index contributed by atoms with van der Waals surface area (Å²) < 4.78 is 21.8. The second-order valence-electron chi connectivity index (χ2n) is 19.7. The molecule has 0 saturated carbocycles. The number of hydrogen-bond donors (Lipinski definition) is 15. The number of carbonyl (C=O) groups excluding carboxylic acids is 8. The summed E-state index contributed by atoms with van der Waals surface area (Å²) in [7, 11) is 0. The minimum Gasteiger partial charge on any atom is -0.462 e. The molecule has 8 amide bonds. The van der Waals surface area contributed by atoms with E-state index in [2.05, 4.69) is 37.2 Å². The molecule has 15 N–H and O–H groups in total. The van der Waals surface area contributed by atoms with Gasteiger partial charge in [0.2, 0.25) is 59.8 Å². The Bertz CT molecular complexity index is 2380. The number of anilines is 2. The normalized spacial score (nSPS) is 26.1. The van der Waals surface area contributed by atoms with Crippen molar-refractivity contribution in [3.05, 3.63) is 48.5 Å². The number of ether oxygens (including phenoxy) is 4. The van der Waals surface area contributed by atoms with Gasteiger partial charge in [-0.1, -0.05) is 27.7 Å². The van der Waals surface area contributed by atoms with E-state index in [9.17, 15) is 79.2 Å². The first-order valence-corrected chi connectivity index (χ1v) is 25.4. The first-order chi connectivity index (χ1) is 36.9. The number of hydrogen-bond acceptors (Lipinski definition) is 20. The minimum absolute atomic E-state index is 0.146. The Morgan fingerprint density at radius 3 is 1.56 bits per heavy atom. The number of aliphatic hydroxyl groups excluding tert-OH is 8. The van der Waals surface area contributed by atoms with Crippen LogP contribution in [0.3, 0.4) is 0 Å². The Kier molecular flexibility index (Phi) is 23.0. The predicted molar refractivity (Wildman–Crippen MR) is 270 cm³/mol. The van der Waals surface area contributed by atoms with Gasteiger partial charge in [-0.05, 0) is 79.6 Å². The lowest BCUT2D eigenvalue weighted by Crippen LogP contribution is -2.60. The number of benzene rings is 2. The molecule has 3 saturated heterocycles. The molecule has 2 aromatic carbocycles. The minimum atomic E-state index is -1.65. The highest BCUT2D eigenvalue weighted by Gasteiger charge is 2.46. The number of nitrogens with zero attached hydrogens (tertiary/aromatic N) is 1. The van der Waals surface area contributed by atoms with Gasteiger partial charge in [-0.25, -0.2) is 0 Å². The summed E-state index contributed by atoms with van der Waals surface area (Å²) in [4.78, 5) is 107. The first-order valence-electron chi connectivity index (χ1n) is 25.4. The van der Waals surface area contributed by atoms with Crippen LogP contribution in [0.2, 0.25) is 0 Å². The molecule has 432 valence electrons. The number of amides is 8. The number of carbonyl (C=O) groups is 8. The molecule has 0 radical (unpaired) electrons. The van der Waals surface area contributed by atoms with E-state index in [0.29, 0.717) is 12.1 Å². The van der Waals surface area contributed by atoms with Crippen molar-refractivity contribution in [3.8, 4) is 11.5 Å². The van der Waals surface area contributed by atoms with Crippen LogP contribution in [0.4, 0.5) is 11.4 Å². The Hall–Kier alpha value is -6.60. The molecule has 3 aliphatic heterocycles. The molecule has 3 heterocycles. The third-order valence-corrected chi connectivity index (χ3v) is 13.0. The Balaban J connectivity index is 1.07. The van der Waals surface area contributed by atoms with Gasteiger partial charge in [-0.3, -0.25) is 38.4 Å². The number of nitrogens with one attached hydrogen (secondary N) is 7. The zero-order chi connectivity index (χ0) is 57.5. The zero-order valence-electron chi connectivity index (χ0n) is 43.6. The van der Waals surface area contributed by atoms with E-state index in [1.54, 1.807) is 27.7 Å². The van der Waals surface area contributed by atoms with Crippen LogP contribution >= 0.6 is 0 Å². The molecule has 0 aliphatic carbocycles. The van der Waals surface area contributed by atoms with E-state index in [1.807, 2.05) is 0 Å². The smallest absolute Gasteiger partial charge is 0.246 e. The van der Waals surface area contributed by atoms with Crippen molar-refractivity contribution < 1.29 is 98.2 Å². The monoisotopic (exact) mass is 1100 g/mol. The fraction of sp³-hybridized carbons (Fsp3) is 0.600. The van der Waals surface area contributed by atoms with Crippen molar-refractivity contribution in [2.75, 3.05) is 43.5 Å². The average Bonchev–Trinajstić information content (AvgIpc) is 3.91. The van der Waals surface area contributed by atoms with Gasteiger partial charge < -0.3 is 102 Å². The Morgan fingerprint density at radius 1 is 0.603 bits per heavy atom. The Morgan fingerprint density at radius 2 is 1.09 bits per heavy atom. The standard InChI is InChI=1S/C50H72N8O20/c1-23(2)37(47(73)52-19-35(63)55-27-10-14-29(15-11-27)76-50-44(70)42(68)40(66)33(22-60)78-50)56-36(64)20-51-46(72)31-7-6-18-58(31)48(74)38(24(3)4)57-45(71)30(53-25(5)61)16-17-34(62)54-26-8-12-28(13-9-26)75-49-43(69)41(67)39(65)32(21-59)77-49/h8-15,23-24,30-33,37-44,49-50,59-60,65-70H,6-7,16-22H2,1-5H3,(H,51,72)(H,52,73)(H,53,61)(H,54,62)(H,55,63)(H,56,64)(H,57,71)/t30-,31-,32+,33+,37-,38-,39+,40+,41-,42-,43-,44-,49-,50-/m0/s1. The van der Waals surface area contributed by atoms with E-state index in [4.69, 9.17) is 18.9 Å². The maximum absolute atomic E-state index is 14.1. The van der Waals surface area contributed by atoms with E-state index in [0.717, 1.165) is 0 Å². The maximum atomic E-state index is 14.1. The lowest BCUT2D eigenvalue weighted by Gasteiger charge is -2.39. The van der Waals surface area contributed by atoms with E-state index < -0.39 is 171 Å². The van der Waals surface area contributed by atoms with Crippen LogP contribution < -0.4 is 46.7 Å². The average molecular weight is 1110 g/mol. The highest BCUT2D eigenvalue weighted by atomic mass is 16.7. The van der Waals surface area contributed by atoms with Gasteiger partial charge in [-0.15, -0.1) is 0 Å². The molecule has 0 bridgehead atoms. The summed E-state index contributed by atoms with van der Waals surface area (Å²) in [6.07, 6.45) is -14.7. The highest BCUT2D eigenvalue weighted by Crippen LogP contribution is 2.28. The van der Waals surface area contributed by atoms with Gasteiger partial charge in [0.25, 0.3) is 0 Å². The SMILES string of the molecule is CC(=O)N[C@@H](CCC(=O)Nc1ccc(O[C@H]2O[C@H](CO)[C@@H](O)[C@H](O)[C@@H]2O)cc1)C(=O)N[C@H](C(=O)N1CCC[C@H]1C(=O)NCC(=O)N[C@H](C(=O)NCC(=O)Nc1ccc(O[C@H]2O[C@H](CO)[C@@H](O)[C@H](O)[C@@H]2O)cc1)C(C)C)C(C)C. The van der Waals surface area contributed by atoms with Crippen molar-refractivity contribution in [1.82, 2.24) is 31.5 Å². The van der Waals surface area contributed by atoms with Crippen molar-refractivity contribution in [2.24, 2.45) is 11.8 Å². The summed E-state index contributed by atoms with van der Waals surface area (Å²) in [5, 5.41) is 97.3. The predicted octanol–water partition coefficient (Wildman–Crippen LogP) is -4.59. The van der Waals surface area contributed by atoms with Gasteiger partial charge in [0.05, 0.1) is 26.3 Å². The zero-order valence-corrected chi connectivity index (χ0v) is 43.6. The van der Waals surface area contributed by atoms with Crippen LogP contribution in [0.25, 0.3) is 0 Å². The van der Waals surface area contributed by atoms with Crippen LogP contribution in [-0.2, 0) is 47.8 Å². The topological polar surface area (TPSA) is 423 Å². The number of likely N-dealkylation sites (tertiary alicyclic amines) is 1. The van der Waals surface area contributed by atoms with Gasteiger partial charge in [0.1, 0.15) is 84.5 Å². The first kappa shape index (κ1) is 62.2. The van der Waals surface area contributed by atoms with Crippen LogP contribution in [0.5, 0.6) is 11.5 Å². The molecule has 0 spiro atoms. The van der Waals surface area contributed by atoms with Crippen molar-refractivity contribution >= 4 is 58.6 Å². The fourth-order valence-corrected chi connectivity index (χ4v) is 8.62. The molecule has 78 heavy (non-hydrogen) atoms. The molecule has 5 rings (SSSR count). The molecule has 28 nitrogen and oxygen atoms in total. The van der Waals surface area contributed by atoms with Crippen molar-refractivity contribution in [1.29, 1.82) is 0 Å². The van der Waals surface area contributed by atoms with E-state index >= 15 is 0 Å². The molecular weight excluding hydrogens is 1030 g/mol. The van der Waals surface area contributed by atoms with Crippen molar-refractivity contribution in [2.45, 2.75) is 146 Å². The second kappa shape index (κ2) is 28.9. The van der Waals surface area contributed by atoms with Crippen LogP contribution in [0.1, 0.15) is 60.3 Å². The summed E-state index contributed by atoms with van der Waals surface area (Å²) in [5.74, 6) is -5.93. The Labute approximate surface area is 448 Å². The highest BCUT2D eigenvalue weighted by molar-refractivity contribution is 5.98.